The van der Waals surface area contributed by atoms with Crippen LogP contribution in [-0.4, -0.2) is 13.4 Å². The van der Waals surface area contributed by atoms with Gasteiger partial charge in [-0.2, -0.15) is 0 Å². The molecule has 2 aromatic rings. The molecule has 0 radical (unpaired) electrons. The molecule has 1 aromatic carbocycles. The van der Waals surface area contributed by atoms with Crippen molar-refractivity contribution >= 4 is 50.2 Å². The summed E-state index contributed by atoms with van der Waals surface area (Å²) in [6.07, 6.45) is 0. The first-order chi connectivity index (χ1) is 9.38. The summed E-state index contributed by atoms with van der Waals surface area (Å²) in [4.78, 5) is 0.311. The maximum atomic E-state index is 12.0. The van der Waals surface area contributed by atoms with Crippen LogP contribution in [0.5, 0.6) is 0 Å². The Bertz CT molecular complexity index is 723. The second-order valence-corrected chi connectivity index (χ2v) is 8.09. The standard InChI is InChI=1S/C12H11ClN2O2S3/c13-10-5-6-11(19-10)20(16,17)15-7-8-1-3-9(4-2-8)12(14)18/h1-6,15H,7H2,(H2,14,18). The average molecular weight is 347 g/mol. The molecule has 0 amide bonds. The van der Waals surface area contributed by atoms with Crippen molar-refractivity contribution in [2.24, 2.45) is 5.73 Å². The van der Waals surface area contributed by atoms with Crippen molar-refractivity contribution in [1.82, 2.24) is 4.72 Å². The van der Waals surface area contributed by atoms with E-state index < -0.39 is 10.0 Å². The third-order valence-electron chi connectivity index (χ3n) is 2.52. The van der Waals surface area contributed by atoms with Gasteiger partial charge in [0.05, 0.1) is 4.34 Å². The first-order valence-corrected chi connectivity index (χ1v) is 8.61. The van der Waals surface area contributed by atoms with Crippen molar-refractivity contribution in [3.63, 3.8) is 0 Å². The number of benzene rings is 1. The van der Waals surface area contributed by atoms with Gasteiger partial charge in [-0.3, -0.25) is 0 Å². The Morgan fingerprint density at radius 2 is 1.90 bits per heavy atom. The predicted octanol–water partition coefficient (Wildman–Crippen LogP) is 2.51. The molecule has 0 spiro atoms. The smallest absolute Gasteiger partial charge is 0.250 e. The molecule has 0 atom stereocenters. The number of nitrogens with one attached hydrogen (secondary N) is 1. The Balaban J connectivity index is 2.06. The molecule has 3 N–H and O–H groups in total. The highest BCUT2D eigenvalue weighted by Gasteiger charge is 2.16. The van der Waals surface area contributed by atoms with Crippen LogP contribution < -0.4 is 10.5 Å². The van der Waals surface area contributed by atoms with Crippen molar-refractivity contribution in [2.75, 3.05) is 0 Å². The van der Waals surface area contributed by atoms with E-state index in [4.69, 9.17) is 29.6 Å². The molecule has 0 fully saturated rings. The van der Waals surface area contributed by atoms with E-state index >= 15 is 0 Å². The number of thiocarbonyl (C=S) groups is 1. The third kappa shape index (κ3) is 3.77. The van der Waals surface area contributed by atoms with Crippen LogP contribution in [0.4, 0.5) is 0 Å². The lowest BCUT2D eigenvalue weighted by atomic mass is 10.1. The highest BCUT2D eigenvalue weighted by Crippen LogP contribution is 2.25. The van der Waals surface area contributed by atoms with Gasteiger partial charge in [-0.1, -0.05) is 48.1 Å². The van der Waals surface area contributed by atoms with E-state index in [0.29, 0.717) is 9.32 Å². The fraction of sp³-hybridized carbons (Fsp3) is 0.0833. The zero-order valence-electron chi connectivity index (χ0n) is 10.2. The summed E-state index contributed by atoms with van der Waals surface area (Å²) in [5.74, 6) is 0. The molecule has 0 aliphatic rings. The summed E-state index contributed by atoms with van der Waals surface area (Å²) < 4.78 is 27.1. The van der Waals surface area contributed by atoms with Crippen LogP contribution in [0.15, 0.2) is 40.6 Å². The van der Waals surface area contributed by atoms with E-state index in [1.807, 2.05) is 0 Å². The predicted molar refractivity (Wildman–Crippen MR) is 85.7 cm³/mol. The van der Waals surface area contributed by atoms with E-state index in [9.17, 15) is 8.42 Å². The molecule has 0 bridgehead atoms. The molecule has 8 heteroatoms. The number of hydrogen-bond acceptors (Lipinski definition) is 4. The van der Waals surface area contributed by atoms with E-state index in [2.05, 4.69) is 4.72 Å². The molecule has 2 rings (SSSR count). The molecule has 0 saturated carbocycles. The van der Waals surface area contributed by atoms with Crippen LogP contribution in [0.25, 0.3) is 0 Å². The van der Waals surface area contributed by atoms with Crippen molar-refractivity contribution in [3.8, 4) is 0 Å². The summed E-state index contributed by atoms with van der Waals surface area (Å²) in [5.41, 5.74) is 7.06. The molecule has 4 nitrogen and oxygen atoms in total. The van der Waals surface area contributed by atoms with Gasteiger partial charge in [0.2, 0.25) is 10.0 Å². The molecule has 0 aliphatic heterocycles. The quantitative estimate of drug-likeness (QED) is 0.816. The number of rotatable bonds is 5. The molecule has 106 valence electrons. The Hall–Kier alpha value is -0.990. The van der Waals surface area contributed by atoms with Gasteiger partial charge < -0.3 is 5.73 Å². The number of nitrogens with two attached hydrogens (primary N) is 1. The summed E-state index contributed by atoms with van der Waals surface area (Å²) in [6.45, 7) is 0.190. The van der Waals surface area contributed by atoms with E-state index in [1.54, 1.807) is 30.3 Å². The Kier molecular flexibility index (Phi) is 4.77. The molecule has 0 saturated heterocycles. The number of thiophene rings is 1. The Morgan fingerprint density at radius 1 is 1.25 bits per heavy atom. The first-order valence-electron chi connectivity index (χ1n) is 5.52. The summed E-state index contributed by atoms with van der Waals surface area (Å²) in [6, 6.07) is 10.1. The van der Waals surface area contributed by atoms with Crippen LogP contribution in [0.3, 0.4) is 0 Å². The molecular weight excluding hydrogens is 336 g/mol. The zero-order chi connectivity index (χ0) is 14.8. The van der Waals surface area contributed by atoms with Crippen LogP contribution in [0, 0.1) is 0 Å². The SMILES string of the molecule is NC(=S)c1ccc(CNS(=O)(=O)c2ccc(Cl)s2)cc1. The lowest BCUT2D eigenvalue weighted by Gasteiger charge is -2.05. The monoisotopic (exact) mass is 346 g/mol. The van der Waals surface area contributed by atoms with Gasteiger partial charge in [0.1, 0.15) is 9.20 Å². The largest absolute Gasteiger partial charge is 0.389 e. The number of hydrogen-bond donors (Lipinski definition) is 2. The maximum absolute atomic E-state index is 12.0. The molecule has 20 heavy (non-hydrogen) atoms. The third-order valence-corrected chi connectivity index (χ3v) is 5.88. The fourth-order valence-electron chi connectivity index (χ4n) is 1.48. The molecule has 1 heterocycles. The van der Waals surface area contributed by atoms with Gasteiger partial charge in [-0.05, 0) is 17.7 Å². The molecule has 0 unspecified atom stereocenters. The zero-order valence-corrected chi connectivity index (χ0v) is 13.4. The van der Waals surface area contributed by atoms with Gasteiger partial charge in [0.15, 0.2) is 0 Å². The van der Waals surface area contributed by atoms with E-state index in [-0.39, 0.29) is 10.8 Å². The Labute approximate surface area is 131 Å². The lowest BCUT2D eigenvalue weighted by Crippen LogP contribution is -2.22. The molecule has 1 aromatic heterocycles. The summed E-state index contributed by atoms with van der Waals surface area (Å²) >= 11 is 11.6. The van der Waals surface area contributed by atoms with Crippen LogP contribution in [-0.2, 0) is 16.6 Å². The molecular formula is C12H11ClN2O2S3. The summed E-state index contributed by atoms with van der Waals surface area (Å²) in [5, 5.41) is 0. The second kappa shape index (κ2) is 6.19. The fourth-order valence-corrected chi connectivity index (χ4v) is 4.16. The lowest BCUT2D eigenvalue weighted by molar-refractivity contribution is 0.583. The number of sulfonamides is 1. The topological polar surface area (TPSA) is 72.2 Å². The van der Waals surface area contributed by atoms with Crippen molar-refractivity contribution < 1.29 is 8.42 Å². The minimum Gasteiger partial charge on any atom is -0.389 e. The molecule has 0 aliphatic carbocycles. The van der Waals surface area contributed by atoms with Gasteiger partial charge in [0, 0.05) is 12.1 Å². The second-order valence-electron chi connectivity index (χ2n) is 3.94. The van der Waals surface area contributed by atoms with Crippen LogP contribution in [0.1, 0.15) is 11.1 Å². The first kappa shape index (κ1) is 15.4. The van der Waals surface area contributed by atoms with Gasteiger partial charge in [-0.25, -0.2) is 13.1 Å². The van der Waals surface area contributed by atoms with Gasteiger partial charge in [-0.15, -0.1) is 11.3 Å². The van der Waals surface area contributed by atoms with E-state index in [1.165, 1.54) is 6.07 Å². The minimum absolute atomic E-state index is 0.190. The highest BCUT2D eigenvalue weighted by atomic mass is 35.5. The van der Waals surface area contributed by atoms with Crippen molar-refractivity contribution in [3.05, 3.63) is 51.9 Å². The summed E-state index contributed by atoms with van der Waals surface area (Å²) in [7, 11) is -3.53. The number of halogens is 1. The van der Waals surface area contributed by atoms with Crippen molar-refractivity contribution in [2.45, 2.75) is 10.8 Å². The highest BCUT2D eigenvalue weighted by molar-refractivity contribution is 7.91. The normalized spacial score (nSPS) is 11.4. The van der Waals surface area contributed by atoms with Gasteiger partial charge in [0.25, 0.3) is 0 Å². The van der Waals surface area contributed by atoms with Gasteiger partial charge >= 0.3 is 0 Å². The van der Waals surface area contributed by atoms with E-state index in [0.717, 1.165) is 22.5 Å². The van der Waals surface area contributed by atoms with Crippen LogP contribution in [0.2, 0.25) is 4.34 Å². The van der Waals surface area contributed by atoms with Crippen molar-refractivity contribution in [1.29, 1.82) is 0 Å². The minimum atomic E-state index is -3.53. The Morgan fingerprint density at radius 3 is 2.40 bits per heavy atom. The maximum Gasteiger partial charge on any atom is 0.250 e. The van der Waals surface area contributed by atoms with Crippen LogP contribution >= 0.6 is 35.2 Å². The average Bonchev–Trinajstić information content (AvgIpc) is 2.84.